The number of carbonyl (C=O) groups is 2. The summed E-state index contributed by atoms with van der Waals surface area (Å²) < 4.78 is 0. The van der Waals surface area contributed by atoms with E-state index in [0.29, 0.717) is 22.5 Å². The van der Waals surface area contributed by atoms with Gasteiger partial charge in [0, 0.05) is 22.6 Å². The Morgan fingerprint density at radius 1 is 0.571 bits per heavy atom. The van der Waals surface area contributed by atoms with E-state index in [-0.39, 0.29) is 17.2 Å². The third kappa shape index (κ3) is 6.15. The summed E-state index contributed by atoms with van der Waals surface area (Å²) in [4.78, 5) is 25.9. The van der Waals surface area contributed by atoms with Gasteiger partial charge in [-0.1, -0.05) is 63.2 Å². The van der Waals surface area contributed by atoms with Crippen molar-refractivity contribution in [1.82, 2.24) is 0 Å². The number of nitrogens with one attached hydrogen (secondary N) is 3. The minimum absolute atomic E-state index is 0.00943. The van der Waals surface area contributed by atoms with Gasteiger partial charge in [-0.3, -0.25) is 9.59 Å². The van der Waals surface area contributed by atoms with E-state index >= 15 is 0 Å². The Labute approximate surface area is 206 Å². The molecule has 0 fully saturated rings. The van der Waals surface area contributed by atoms with Gasteiger partial charge in [-0.15, -0.1) is 0 Å². The number of rotatable bonds is 6. The molecule has 35 heavy (non-hydrogen) atoms. The van der Waals surface area contributed by atoms with Crippen molar-refractivity contribution >= 4 is 34.6 Å². The second-order valence-electron chi connectivity index (χ2n) is 9.35. The van der Waals surface area contributed by atoms with Gasteiger partial charge in [-0.25, -0.2) is 0 Å². The number of hydrogen-bond donors (Lipinski definition) is 3. The van der Waals surface area contributed by atoms with Crippen LogP contribution in [0.1, 0.15) is 47.1 Å². The Hall–Kier alpha value is -4.38. The van der Waals surface area contributed by atoms with Crippen LogP contribution < -0.4 is 16.0 Å². The van der Waals surface area contributed by atoms with Gasteiger partial charge in [0.25, 0.3) is 11.8 Å². The van der Waals surface area contributed by atoms with E-state index in [1.807, 2.05) is 78.9 Å². The monoisotopic (exact) mass is 463 g/mol. The third-order valence-corrected chi connectivity index (χ3v) is 5.64. The van der Waals surface area contributed by atoms with Gasteiger partial charge < -0.3 is 16.0 Å². The van der Waals surface area contributed by atoms with Gasteiger partial charge in [0.05, 0.1) is 11.3 Å². The molecule has 0 radical (unpaired) electrons. The highest BCUT2D eigenvalue weighted by Gasteiger charge is 2.17. The van der Waals surface area contributed by atoms with Crippen molar-refractivity contribution in [3.05, 3.63) is 120 Å². The molecule has 0 atom stereocenters. The first-order chi connectivity index (χ1) is 16.8. The molecular formula is C30H29N3O2. The van der Waals surface area contributed by atoms with Crippen molar-refractivity contribution in [2.45, 2.75) is 26.2 Å². The molecule has 0 unspecified atom stereocenters. The van der Waals surface area contributed by atoms with Crippen molar-refractivity contribution < 1.29 is 9.59 Å². The topological polar surface area (TPSA) is 70.2 Å². The van der Waals surface area contributed by atoms with Crippen molar-refractivity contribution in [1.29, 1.82) is 0 Å². The van der Waals surface area contributed by atoms with E-state index in [1.54, 1.807) is 24.3 Å². The normalized spacial score (nSPS) is 10.9. The van der Waals surface area contributed by atoms with Crippen LogP contribution in [0.4, 0.5) is 22.7 Å². The van der Waals surface area contributed by atoms with Crippen molar-refractivity contribution in [3.8, 4) is 0 Å². The molecule has 0 aliphatic rings. The number of para-hydroxylation sites is 2. The van der Waals surface area contributed by atoms with E-state index < -0.39 is 0 Å². The number of benzene rings is 4. The minimum Gasteiger partial charge on any atom is -0.356 e. The Bertz CT molecular complexity index is 1310. The predicted octanol–water partition coefficient (Wildman–Crippen LogP) is 7.23. The number of amides is 2. The summed E-state index contributed by atoms with van der Waals surface area (Å²) in [6, 6.07) is 31.9. The van der Waals surface area contributed by atoms with Gasteiger partial charge in [0.2, 0.25) is 0 Å². The molecule has 0 spiro atoms. The fourth-order valence-electron chi connectivity index (χ4n) is 3.63. The third-order valence-electron chi connectivity index (χ3n) is 5.64. The molecule has 0 saturated carbocycles. The highest BCUT2D eigenvalue weighted by Crippen LogP contribution is 2.24. The van der Waals surface area contributed by atoms with Crippen molar-refractivity contribution in [2.75, 3.05) is 16.0 Å². The second-order valence-corrected chi connectivity index (χ2v) is 9.35. The zero-order chi connectivity index (χ0) is 24.8. The number of carbonyl (C=O) groups excluding carboxylic acids is 2. The van der Waals surface area contributed by atoms with Crippen LogP contribution in [0.25, 0.3) is 0 Å². The quantitative estimate of drug-likeness (QED) is 0.282. The smallest absolute Gasteiger partial charge is 0.257 e. The van der Waals surface area contributed by atoms with Crippen LogP contribution in [0.5, 0.6) is 0 Å². The first kappa shape index (κ1) is 23.8. The summed E-state index contributed by atoms with van der Waals surface area (Å²) in [7, 11) is 0. The summed E-state index contributed by atoms with van der Waals surface area (Å²) in [5, 5.41) is 9.10. The van der Waals surface area contributed by atoms with Gasteiger partial charge in [0.1, 0.15) is 0 Å². The van der Waals surface area contributed by atoms with Gasteiger partial charge >= 0.3 is 0 Å². The van der Waals surface area contributed by atoms with Gasteiger partial charge in [-0.2, -0.15) is 0 Å². The van der Waals surface area contributed by atoms with Crippen LogP contribution in [0.3, 0.4) is 0 Å². The second kappa shape index (κ2) is 10.3. The van der Waals surface area contributed by atoms with Crippen molar-refractivity contribution in [2.24, 2.45) is 0 Å². The Balaban J connectivity index is 1.43. The van der Waals surface area contributed by atoms with Crippen molar-refractivity contribution in [3.63, 3.8) is 0 Å². The standard InChI is InChI=1S/C30H29N3O2/c1-30(2,3)22-15-13-21(14-16-22)28(34)33-27-12-8-7-11-26(27)29(35)32-25-19-17-24(18-20-25)31-23-9-5-4-6-10-23/h4-20,31H,1-3H3,(H,32,35)(H,33,34). The molecule has 0 aromatic heterocycles. The van der Waals surface area contributed by atoms with E-state index in [0.717, 1.165) is 16.9 Å². The molecule has 0 heterocycles. The fourth-order valence-corrected chi connectivity index (χ4v) is 3.63. The summed E-state index contributed by atoms with van der Waals surface area (Å²) in [5.41, 5.74) is 5.11. The lowest BCUT2D eigenvalue weighted by atomic mass is 9.86. The molecule has 0 bridgehead atoms. The zero-order valence-corrected chi connectivity index (χ0v) is 20.1. The maximum atomic E-state index is 13.0. The summed E-state index contributed by atoms with van der Waals surface area (Å²) >= 11 is 0. The SMILES string of the molecule is CC(C)(C)c1ccc(C(=O)Nc2ccccc2C(=O)Nc2ccc(Nc3ccccc3)cc2)cc1. The molecule has 4 rings (SSSR count). The van der Waals surface area contributed by atoms with E-state index in [4.69, 9.17) is 0 Å². The summed E-state index contributed by atoms with van der Waals surface area (Å²) in [5.74, 6) is -0.560. The van der Waals surface area contributed by atoms with Crippen LogP contribution in [0, 0.1) is 0 Å². The zero-order valence-electron chi connectivity index (χ0n) is 20.1. The average molecular weight is 464 g/mol. The fraction of sp³-hybridized carbons (Fsp3) is 0.133. The minimum atomic E-state index is -0.298. The Morgan fingerprint density at radius 2 is 1.14 bits per heavy atom. The highest BCUT2D eigenvalue weighted by molar-refractivity contribution is 6.12. The van der Waals surface area contributed by atoms with E-state index in [2.05, 4.69) is 36.7 Å². The Kier molecular flexibility index (Phi) is 6.97. The summed E-state index contributed by atoms with van der Waals surface area (Å²) in [6.07, 6.45) is 0. The van der Waals surface area contributed by atoms with Crippen LogP contribution >= 0.6 is 0 Å². The van der Waals surface area contributed by atoms with Gasteiger partial charge in [0.15, 0.2) is 0 Å². The predicted molar refractivity (Wildman–Crippen MR) is 144 cm³/mol. The Morgan fingerprint density at radius 3 is 1.80 bits per heavy atom. The largest absolute Gasteiger partial charge is 0.356 e. The van der Waals surface area contributed by atoms with E-state index in [9.17, 15) is 9.59 Å². The maximum absolute atomic E-state index is 13.0. The molecule has 5 nitrogen and oxygen atoms in total. The number of anilines is 4. The molecule has 2 amide bonds. The molecule has 5 heteroatoms. The number of hydrogen-bond acceptors (Lipinski definition) is 3. The molecule has 0 aliphatic heterocycles. The maximum Gasteiger partial charge on any atom is 0.257 e. The molecular weight excluding hydrogens is 434 g/mol. The molecule has 4 aromatic carbocycles. The lowest BCUT2D eigenvalue weighted by molar-refractivity contribution is 0.102. The van der Waals surface area contributed by atoms with Crippen LogP contribution in [-0.2, 0) is 5.41 Å². The summed E-state index contributed by atoms with van der Waals surface area (Å²) in [6.45, 7) is 6.39. The van der Waals surface area contributed by atoms with E-state index in [1.165, 1.54) is 0 Å². The molecule has 4 aromatic rings. The molecule has 0 saturated heterocycles. The van der Waals surface area contributed by atoms with Gasteiger partial charge in [-0.05, 0) is 71.6 Å². The van der Waals surface area contributed by atoms with Crippen LogP contribution in [-0.4, -0.2) is 11.8 Å². The average Bonchev–Trinajstić information content (AvgIpc) is 2.86. The van der Waals surface area contributed by atoms with Crippen LogP contribution in [0.2, 0.25) is 0 Å². The highest BCUT2D eigenvalue weighted by atomic mass is 16.2. The first-order valence-corrected chi connectivity index (χ1v) is 11.5. The lowest BCUT2D eigenvalue weighted by Gasteiger charge is -2.19. The first-order valence-electron chi connectivity index (χ1n) is 11.5. The molecule has 176 valence electrons. The van der Waals surface area contributed by atoms with Crippen LogP contribution in [0.15, 0.2) is 103 Å². The molecule has 3 N–H and O–H groups in total. The molecule has 0 aliphatic carbocycles. The lowest BCUT2D eigenvalue weighted by Crippen LogP contribution is -2.18.